The fourth-order valence-corrected chi connectivity index (χ4v) is 12.6. The number of rotatable bonds is 18. The third-order valence-corrected chi connectivity index (χ3v) is 17.8. The van der Waals surface area contributed by atoms with Gasteiger partial charge in [0.1, 0.15) is 59.0 Å². The molecule has 0 saturated carbocycles. The van der Waals surface area contributed by atoms with Crippen LogP contribution in [0.5, 0.6) is 17.2 Å². The molecule has 0 spiro atoms. The Labute approximate surface area is 560 Å². The SMILES string of the molecule is CO[C@H]1/C=C/O[C@@]2(C)Oc3c(C)c(O)c4c(=O)c(c5oc6cc(N7CC(OC(=O)OCc8ccc(NC(=O)CNC(=O)C(NC(=O)CCCCCN9C(=O)C=CC9=O)C(C)C)cc8)C7)cc(O)c6nc-5c4c3C2=O)NC(=O)/C(C)=C\C=C\[C@H](C)C[C@@H](C)C[C@@H](C)[C@H](OC(C)=O)[C@@H]1C. The number of anilines is 3. The average molecular weight is 1340 g/mol. The van der Waals surface area contributed by atoms with Crippen molar-refractivity contribution >= 4 is 92.3 Å². The molecule has 4 bridgehead atoms. The number of benzene rings is 4. The predicted molar refractivity (Wildman–Crippen MR) is 356 cm³/mol. The molecule has 1 fully saturated rings. The number of Topliss-reactive ketones (excluding diaryl/α,β-unsaturated/α-hetero) is 1. The molecule has 0 radical (unpaired) electrons. The molecule has 6 aliphatic rings. The van der Waals surface area contributed by atoms with Crippen molar-refractivity contribution in [1.29, 1.82) is 0 Å². The number of carbonyl (C=O) groups is 9. The highest BCUT2D eigenvalue weighted by molar-refractivity contribution is 6.22. The summed E-state index contributed by atoms with van der Waals surface area (Å²) in [4.78, 5) is 139. The zero-order valence-corrected chi connectivity index (χ0v) is 56.2. The van der Waals surface area contributed by atoms with E-state index in [1.165, 1.54) is 58.4 Å². The molecule has 26 nitrogen and oxygen atoms in total. The van der Waals surface area contributed by atoms with Crippen LogP contribution in [0.4, 0.5) is 21.9 Å². The first-order valence-corrected chi connectivity index (χ1v) is 32.4. The summed E-state index contributed by atoms with van der Waals surface area (Å²) in [5.74, 6) is -8.13. The lowest BCUT2D eigenvalue weighted by atomic mass is 9.82. The van der Waals surface area contributed by atoms with Crippen molar-refractivity contribution in [3.63, 3.8) is 0 Å². The molecule has 1 unspecified atom stereocenters. The molecule has 26 heteroatoms. The zero-order valence-electron chi connectivity index (χ0n) is 56.2. The number of fused-ring (bicyclic) bond motifs is 2. The molecule has 6 N–H and O–H groups in total. The number of methoxy groups -OCH3 is 1. The Morgan fingerprint density at radius 2 is 1.60 bits per heavy atom. The monoisotopic (exact) mass is 1340 g/mol. The first-order valence-electron chi connectivity index (χ1n) is 32.4. The summed E-state index contributed by atoms with van der Waals surface area (Å²) in [5, 5.41) is 33.8. The number of hydrogen-bond acceptors (Lipinski definition) is 21. The van der Waals surface area contributed by atoms with Gasteiger partial charge >= 0.3 is 17.9 Å². The number of aromatic nitrogens is 1. The Bertz CT molecular complexity index is 4050. The van der Waals surface area contributed by atoms with Crippen molar-refractivity contribution in [3.8, 4) is 28.7 Å². The van der Waals surface area contributed by atoms with E-state index in [1.807, 2.05) is 26.8 Å². The van der Waals surface area contributed by atoms with Crippen LogP contribution in [0.25, 0.3) is 33.3 Å². The summed E-state index contributed by atoms with van der Waals surface area (Å²) in [6.45, 7) is 17.3. The summed E-state index contributed by atoms with van der Waals surface area (Å²) < 4.78 is 41.7. The Morgan fingerprint density at radius 3 is 2.28 bits per heavy atom. The standard InChI is InChI=1S/C71H83N7O19/c1-36(2)58(74-51(81)18-13-12-14-26-78-53(83)23-24-54(78)84)69(89)72-32-52(82)73-45-21-19-44(20-22-45)35-92-70(90)95-47-33-77(34-47)46-30-48(80)59-50(31-46)96-66-60(75-59)55-56-62(85)42(8)65-57(55)67(87)71(10,97-65)93-27-25-49(91-11)41(7)64(94-43(9)79)40(6)29-38(4)28-37(3)16-15-17-39(5)68(88)76-61(66)63(56)86/h15-17,19-25,27,30-31,36-38,40-41,47,49,58,64,80,85H,12-14,18,26,28-29,32-35H2,1-11H3,(H,72,89)(H,73,82)(H,74,81)(H,76,88)/b16-15+,27-25+,39-17-/t37-,38+,40+,41+,49-,58?,64-,71-/m0/s1. The van der Waals surface area contributed by atoms with Crippen LogP contribution >= 0.6 is 0 Å². The molecule has 3 aromatic carbocycles. The van der Waals surface area contributed by atoms with E-state index in [1.54, 1.807) is 68.2 Å². The summed E-state index contributed by atoms with van der Waals surface area (Å²) >= 11 is 0. The number of amides is 6. The molecule has 5 heterocycles. The number of esters is 1. The quantitative estimate of drug-likeness (QED) is 0.0157. The molecule has 1 aliphatic carbocycles. The van der Waals surface area contributed by atoms with Gasteiger partial charge in [-0.25, -0.2) is 9.78 Å². The fraction of sp³-hybridized carbons (Fsp3) is 0.451. The number of hydrogen-bond donors (Lipinski definition) is 6. The average Bonchev–Trinajstić information content (AvgIpc) is 1.65. The van der Waals surface area contributed by atoms with Gasteiger partial charge in [-0.1, -0.05) is 78.3 Å². The second kappa shape index (κ2) is 30.3. The largest absolute Gasteiger partial charge is 0.509 e. The molecule has 6 amide bonds. The van der Waals surface area contributed by atoms with Crippen LogP contribution in [0.3, 0.4) is 0 Å². The number of aromatic hydroxyl groups is 2. The lowest BCUT2D eigenvalue weighted by Gasteiger charge is -2.39. The van der Waals surface area contributed by atoms with Crippen LogP contribution in [0.15, 0.2) is 93.9 Å². The Kier molecular flexibility index (Phi) is 22.2. The smallest absolute Gasteiger partial charge is 0.507 e. The third-order valence-electron chi connectivity index (χ3n) is 17.8. The van der Waals surface area contributed by atoms with Crippen molar-refractivity contribution in [2.75, 3.05) is 48.8 Å². The van der Waals surface area contributed by atoms with Gasteiger partial charge in [0.2, 0.25) is 23.2 Å². The first-order chi connectivity index (χ1) is 46.0. The van der Waals surface area contributed by atoms with Gasteiger partial charge in [0.25, 0.3) is 23.5 Å². The van der Waals surface area contributed by atoms with Crippen LogP contribution in [0.1, 0.15) is 122 Å². The number of nitrogens with one attached hydrogen (secondary N) is 4. The van der Waals surface area contributed by atoms with Gasteiger partial charge in [0, 0.05) is 92.0 Å². The number of phenols is 2. The summed E-state index contributed by atoms with van der Waals surface area (Å²) in [7, 11) is 1.50. The molecule has 0 aromatic heterocycles. The molecule has 8 atom stereocenters. The lowest BCUT2D eigenvalue weighted by Crippen LogP contribution is -2.53. The van der Waals surface area contributed by atoms with E-state index in [-0.39, 0.29) is 131 Å². The van der Waals surface area contributed by atoms with Crippen LogP contribution < -0.4 is 36.3 Å². The fourth-order valence-electron chi connectivity index (χ4n) is 12.6. The minimum atomic E-state index is -2.09. The van der Waals surface area contributed by atoms with Gasteiger partial charge in [0.15, 0.2) is 11.3 Å². The van der Waals surface area contributed by atoms with E-state index < -0.39 is 99.7 Å². The summed E-state index contributed by atoms with van der Waals surface area (Å²) in [6.07, 6.45) is 10.9. The normalized spacial score (nSPS) is 23.1. The van der Waals surface area contributed by atoms with Crippen LogP contribution in [-0.2, 0) is 63.9 Å². The second-order valence-electron chi connectivity index (χ2n) is 25.9. The molecule has 516 valence electrons. The number of ketones is 1. The van der Waals surface area contributed by atoms with Crippen molar-refractivity contribution in [2.24, 2.45) is 29.6 Å². The first kappa shape index (κ1) is 71.2. The highest BCUT2D eigenvalue weighted by Gasteiger charge is 2.50. The van der Waals surface area contributed by atoms with E-state index in [4.69, 9.17) is 37.8 Å². The number of phenolic OH excluding ortho intramolecular Hbond substituents is 2. The molecule has 1 saturated heterocycles. The van der Waals surface area contributed by atoms with Gasteiger partial charge in [-0.2, -0.15) is 0 Å². The Hall–Kier alpha value is -10.1. The highest BCUT2D eigenvalue weighted by atomic mass is 16.7. The van der Waals surface area contributed by atoms with Crippen LogP contribution in [-0.4, -0.2) is 137 Å². The molecular weight excluding hydrogens is 1250 g/mol. The third kappa shape index (κ3) is 16.2. The van der Waals surface area contributed by atoms with Gasteiger partial charge < -0.3 is 69.2 Å². The van der Waals surface area contributed by atoms with Crippen LogP contribution in [0.2, 0.25) is 0 Å². The van der Waals surface area contributed by atoms with E-state index in [9.17, 15) is 53.4 Å². The molecule has 9 rings (SSSR count). The molecular formula is C71H83N7O19. The number of ether oxygens (including phenoxy) is 6. The van der Waals surface area contributed by atoms with Crippen LogP contribution in [0, 0.1) is 36.5 Å². The molecule has 5 aliphatic heterocycles. The minimum Gasteiger partial charge on any atom is -0.507 e. The zero-order chi connectivity index (χ0) is 70.3. The maximum absolute atomic E-state index is 15.0. The Balaban J connectivity index is 0.864. The van der Waals surface area contributed by atoms with Gasteiger partial charge in [0.05, 0.1) is 42.9 Å². The second-order valence-corrected chi connectivity index (χ2v) is 25.9. The lowest BCUT2D eigenvalue weighted by molar-refractivity contribution is -0.155. The van der Waals surface area contributed by atoms with Crippen molar-refractivity contribution in [3.05, 3.63) is 112 Å². The van der Waals surface area contributed by atoms with Crippen molar-refractivity contribution in [1.82, 2.24) is 20.5 Å². The molecule has 3 aromatic rings. The predicted octanol–water partition coefficient (Wildman–Crippen LogP) is 8.94. The molecule has 97 heavy (non-hydrogen) atoms. The number of nitrogens with zero attached hydrogens (tertiary/aromatic N) is 3. The minimum absolute atomic E-state index is 0.00296. The maximum atomic E-state index is 15.0. The van der Waals surface area contributed by atoms with Crippen molar-refractivity contribution < 1.29 is 86.2 Å². The van der Waals surface area contributed by atoms with Crippen molar-refractivity contribution in [2.45, 2.75) is 145 Å². The Morgan fingerprint density at radius 1 is 0.887 bits per heavy atom. The highest BCUT2D eigenvalue weighted by Crippen LogP contribution is 2.51. The van der Waals surface area contributed by atoms with Gasteiger partial charge in [-0.3, -0.25) is 48.1 Å². The van der Waals surface area contributed by atoms with E-state index >= 15 is 4.79 Å². The summed E-state index contributed by atoms with van der Waals surface area (Å²) in [6, 6.07) is 8.43. The topological polar surface area (TPSA) is 347 Å². The van der Waals surface area contributed by atoms with Gasteiger partial charge in [-0.15, -0.1) is 0 Å². The number of unbranched alkanes of at least 4 members (excludes halogenated alkanes) is 2. The summed E-state index contributed by atoms with van der Waals surface area (Å²) in [5.41, 5.74) is -0.378. The van der Waals surface area contributed by atoms with E-state index in [0.29, 0.717) is 42.6 Å². The van der Waals surface area contributed by atoms with E-state index in [2.05, 4.69) is 28.2 Å². The maximum Gasteiger partial charge on any atom is 0.509 e. The number of carbonyl (C=O) groups excluding carboxylic acids is 9. The number of imide groups is 1. The van der Waals surface area contributed by atoms with E-state index in [0.717, 1.165) is 11.3 Å². The van der Waals surface area contributed by atoms with Gasteiger partial charge in [-0.05, 0) is 87.0 Å². The number of allylic oxidation sites excluding steroid dienone is 3.